The van der Waals surface area contributed by atoms with E-state index in [9.17, 15) is 4.39 Å². The average Bonchev–Trinajstić information content (AvgIpc) is 2.42. The minimum absolute atomic E-state index is 0.173. The minimum atomic E-state index is -0.173. The Hall–Kier alpha value is -0.490. The van der Waals surface area contributed by atoms with E-state index in [4.69, 9.17) is 4.74 Å². The Balaban J connectivity index is 1.79. The summed E-state index contributed by atoms with van der Waals surface area (Å²) in [6.07, 6.45) is 0. The van der Waals surface area contributed by atoms with Gasteiger partial charge in [-0.1, -0.05) is 12.1 Å². The zero-order valence-electron chi connectivity index (χ0n) is 11.2. The molecule has 106 valence electrons. The van der Waals surface area contributed by atoms with Crippen LogP contribution in [0.5, 0.6) is 0 Å². The Morgan fingerprint density at radius 1 is 1.42 bits per heavy atom. The highest BCUT2D eigenvalue weighted by Gasteiger charge is 2.14. The van der Waals surface area contributed by atoms with Crippen LogP contribution < -0.4 is 5.32 Å². The number of ether oxygens (including phenoxy) is 1. The van der Waals surface area contributed by atoms with Crippen molar-refractivity contribution in [2.24, 2.45) is 0 Å². The van der Waals surface area contributed by atoms with E-state index in [1.165, 1.54) is 0 Å². The number of benzene rings is 1. The molecule has 0 amide bonds. The first-order valence-electron chi connectivity index (χ1n) is 6.63. The van der Waals surface area contributed by atoms with E-state index in [2.05, 4.69) is 33.1 Å². The van der Waals surface area contributed by atoms with Crippen LogP contribution in [-0.2, 0) is 11.3 Å². The lowest BCUT2D eigenvalue weighted by atomic mass is 10.2. The summed E-state index contributed by atoms with van der Waals surface area (Å²) in [7, 11) is 0. The predicted molar refractivity (Wildman–Crippen MR) is 77.7 cm³/mol. The number of nitrogens with one attached hydrogen (secondary N) is 1. The van der Waals surface area contributed by atoms with Crippen molar-refractivity contribution < 1.29 is 9.13 Å². The Kier molecular flexibility index (Phi) is 5.76. The average molecular weight is 331 g/mol. The molecular weight excluding hydrogens is 311 g/mol. The fourth-order valence-electron chi connectivity index (χ4n) is 2.20. The van der Waals surface area contributed by atoms with Crippen LogP contribution in [0.25, 0.3) is 0 Å². The first-order chi connectivity index (χ1) is 9.16. The number of hydrogen-bond acceptors (Lipinski definition) is 3. The molecule has 1 aliphatic heterocycles. The molecule has 5 heteroatoms. The number of halogens is 2. The molecule has 1 aromatic carbocycles. The highest BCUT2D eigenvalue weighted by atomic mass is 79.9. The third-order valence-corrected chi connectivity index (χ3v) is 3.92. The summed E-state index contributed by atoms with van der Waals surface area (Å²) in [6, 6.07) is 5.72. The van der Waals surface area contributed by atoms with Crippen LogP contribution in [0.15, 0.2) is 22.7 Å². The number of rotatable bonds is 5. The Labute approximate surface area is 122 Å². The van der Waals surface area contributed by atoms with Crippen molar-refractivity contribution in [2.75, 3.05) is 32.8 Å². The maximum atomic E-state index is 13.8. The zero-order valence-corrected chi connectivity index (χ0v) is 12.7. The number of hydrogen-bond donors (Lipinski definition) is 1. The molecule has 0 spiro atoms. The largest absolute Gasteiger partial charge is 0.379 e. The Morgan fingerprint density at radius 2 is 2.16 bits per heavy atom. The SMILES string of the molecule is CC(CN1CCOCC1)NCc1cccc(Br)c1F. The van der Waals surface area contributed by atoms with Crippen LogP contribution in [0.2, 0.25) is 0 Å². The molecule has 1 aliphatic rings. The summed E-state index contributed by atoms with van der Waals surface area (Å²) in [6.45, 7) is 7.25. The highest BCUT2D eigenvalue weighted by Crippen LogP contribution is 2.18. The number of nitrogens with zero attached hydrogens (tertiary/aromatic N) is 1. The standard InChI is InChI=1S/C14H20BrFN2O/c1-11(10-18-5-7-19-8-6-18)17-9-12-3-2-4-13(15)14(12)16/h2-4,11,17H,5-10H2,1H3. The Bertz CT molecular complexity index is 410. The van der Waals surface area contributed by atoms with E-state index in [1.54, 1.807) is 6.07 Å². The molecule has 0 aliphatic carbocycles. The fraction of sp³-hybridized carbons (Fsp3) is 0.571. The van der Waals surface area contributed by atoms with Crippen LogP contribution in [0.4, 0.5) is 4.39 Å². The zero-order chi connectivity index (χ0) is 13.7. The van der Waals surface area contributed by atoms with Gasteiger partial charge >= 0.3 is 0 Å². The van der Waals surface area contributed by atoms with Gasteiger partial charge in [-0.05, 0) is 28.9 Å². The maximum Gasteiger partial charge on any atom is 0.141 e. The van der Waals surface area contributed by atoms with Gasteiger partial charge in [0.1, 0.15) is 5.82 Å². The van der Waals surface area contributed by atoms with Crippen molar-refractivity contribution in [1.29, 1.82) is 0 Å². The molecule has 0 radical (unpaired) electrons. The molecule has 1 saturated heterocycles. The molecule has 1 heterocycles. The van der Waals surface area contributed by atoms with E-state index in [0.29, 0.717) is 22.6 Å². The van der Waals surface area contributed by atoms with Gasteiger partial charge in [0.2, 0.25) is 0 Å². The third kappa shape index (κ3) is 4.53. The van der Waals surface area contributed by atoms with Crippen LogP contribution in [0.3, 0.4) is 0 Å². The molecular formula is C14H20BrFN2O. The monoisotopic (exact) mass is 330 g/mol. The van der Waals surface area contributed by atoms with Crippen molar-refractivity contribution in [3.63, 3.8) is 0 Å². The molecule has 1 aromatic rings. The minimum Gasteiger partial charge on any atom is -0.379 e. The second-order valence-electron chi connectivity index (χ2n) is 4.91. The smallest absolute Gasteiger partial charge is 0.141 e. The molecule has 2 rings (SSSR count). The summed E-state index contributed by atoms with van der Waals surface area (Å²) in [5.74, 6) is -0.173. The molecule has 0 saturated carbocycles. The van der Waals surface area contributed by atoms with Crippen molar-refractivity contribution in [3.8, 4) is 0 Å². The van der Waals surface area contributed by atoms with Gasteiger partial charge < -0.3 is 10.1 Å². The van der Waals surface area contributed by atoms with Crippen LogP contribution in [-0.4, -0.2) is 43.8 Å². The molecule has 1 atom stereocenters. The summed E-state index contributed by atoms with van der Waals surface area (Å²) >= 11 is 3.21. The van der Waals surface area contributed by atoms with Crippen LogP contribution >= 0.6 is 15.9 Å². The van der Waals surface area contributed by atoms with E-state index < -0.39 is 0 Å². The lowest BCUT2D eigenvalue weighted by Crippen LogP contribution is -2.44. The maximum absolute atomic E-state index is 13.8. The topological polar surface area (TPSA) is 24.5 Å². The summed E-state index contributed by atoms with van der Waals surface area (Å²) in [5.41, 5.74) is 0.697. The molecule has 1 unspecified atom stereocenters. The molecule has 0 aromatic heterocycles. The normalized spacial score (nSPS) is 18.5. The molecule has 0 bridgehead atoms. The van der Waals surface area contributed by atoms with Crippen LogP contribution in [0, 0.1) is 5.82 Å². The van der Waals surface area contributed by atoms with Gasteiger partial charge in [0.05, 0.1) is 17.7 Å². The fourth-order valence-corrected chi connectivity index (χ4v) is 2.61. The van der Waals surface area contributed by atoms with Crippen molar-refractivity contribution in [3.05, 3.63) is 34.1 Å². The van der Waals surface area contributed by atoms with Gasteiger partial charge in [-0.3, -0.25) is 4.90 Å². The first kappa shape index (κ1) is 14.9. The summed E-state index contributed by atoms with van der Waals surface area (Å²) in [4.78, 5) is 2.37. The van der Waals surface area contributed by atoms with Crippen LogP contribution in [0.1, 0.15) is 12.5 Å². The van der Waals surface area contributed by atoms with Gasteiger partial charge in [0.15, 0.2) is 0 Å². The Morgan fingerprint density at radius 3 is 2.89 bits per heavy atom. The van der Waals surface area contributed by atoms with Gasteiger partial charge in [-0.15, -0.1) is 0 Å². The molecule has 1 fully saturated rings. The third-order valence-electron chi connectivity index (χ3n) is 3.31. The lowest BCUT2D eigenvalue weighted by molar-refractivity contribution is 0.0343. The highest BCUT2D eigenvalue weighted by molar-refractivity contribution is 9.10. The number of morpholine rings is 1. The molecule has 3 nitrogen and oxygen atoms in total. The van der Waals surface area contributed by atoms with E-state index in [1.807, 2.05) is 12.1 Å². The second kappa shape index (κ2) is 7.33. The van der Waals surface area contributed by atoms with Crippen molar-refractivity contribution in [1.82, 2.24) is 10.2 Å². The first-order valence-corrected chi connectivity index (χ1v) is 7.42. The van der Waals surface area contributed by atoms with Gasteiger partial charge in [-0.2, -0.15) is 0 Å². The predicted octanol–water partition coefficient (Wildman–Crippen LogP) is 2.40. The summed E-state index contributed by atoms with van der Waals surface area (Å²) < 4.78 is 19.6. The van der Waals surface area contributed by atoms with Gasteiger partial charge in [0.25, 0.3) is 0 Å². The molecule has 1 N–H and O–H groups in total. The van der Waals surface area contributed by atoms with E-state index in [-0.39, 0.29) is 5.82 Å². The van der Waals surface area contributed by atoms with Gasteiger partial charge in [0, 0.05) is 37.8 Å². The van der Waals surface area contributed by atoms with Crippen molar-refractivity contribution >= 4 is 15.9 Å². The van der Waals surface area contributed by atoms with Crippen molar-refractivity contribution in [2.45, 2.75) is 19.5 Å². The quantitative estimate of drug-likeness (QED) is 0.897. The summed E-state index contributed by atoms with van der Waals surface area (Å²) in [5, 5.41) is 3.37. The second-order valence-corrected chi connectivity index (χ2v) is 5.76. The van der Waals surface area contributed by atoms with E-state index in [0.717, 1.165) is 32.8 Å². The van der Waals surface area contributed by atoms with E-state index >= 15 is 0 Å². The molecule has 19 heavy (non-hydrogen) atoms. The lowest BCUT2D eigenvalue weighted by Gasteiger charge is -2.29. The van der Waals surface area contributed by atoms with Gasteiger partial charge in [-0.25, -0.2) is 4.39 Å².